The van der Waals surface area contributed by atoms with Crippen molar-refractivity contribution in [2.24, 2.45) is 23.7 Å². The molecular weight excluding hydrogens is 1940 g/mol. The molecule has 0 spiro atoms. The fourth-order valence-corrected chi connectivity index (χ4v) is 23.1. The second-order valence-corrected chi connectivity index (χ2v) is 43.7. The van der Waals surface area contributed by atoms with Crippen molar-refractivity contribution in [3.05, 3.63) is 254 Å². The fraction of sp³-hybridized carbons (Fsp3) is 0.446. The highest BCUT2D eigenvalue weighted by Gasteiger charge is 2.49. The first-order chi connectivity index (χ1) is 70.3. The number of nitrogens with zero attached hydrogens (tertiary/aromatic N) is 13. The Hall–Kier alpha value is -12.7. The summed E-state index contributed by atoms with van der Waals surface area (Å²) in [5.74, 6) is -0.435. The monoisotopic (exact) mass is 2070 g/mol. The maximum absolute atomic E-state index is 13.9. The number of rotatable bonds is 35. The largest absolute Gasteiger partial charge is 0.479 e. The van der Waals surface area contributed by atoms with Gasteiger partial charge in [-0.15, -0.1) is 45.3 Å². The third-order valence-electron chi connectivity index (χ3n) is 27.8. The van der Waals surface area contributed by atoms with Gasteiger partial charge in [0, 0.05) is 89.3 Å². The predicted octanol–water partition coefficient (Wildman–Crippen LogP) is 19.3. The number of hydrogen-bond donors (Lipinski definition) is 5. The smallest absolute Gasteiger partial charge is 0.254 e. The molecule has 147 heavy (non-hydrogen) atoms. The van der Waals surface area contributed by atoms with Crippen LogP contribution < -0.4 is 14.8 Å². The van der Waals surface area contributed by atoms with E-state index < -0.39 is 72.4 Å². The molecule has 4 saturated heterocycles. The summed E-state index contributed by atoms with van der Waals surface area (Å²) in [6.45, 7) is 33.7. The van der Waals surface area contributed by atoms with Crippen LogP contribution in [0.3, 0.4) is 0 Å². The molecule has 0 unspecified atom stereocenters. The van der Waals surface area contributed by atoms with Crippen molar-refractivity contribution in [3.63, 3.8) is 0 Å². The van der Waals surface area contributed by atoms with E-state index in [0.717, 1.165) is 86.8 Å². The normalized spacial score (nSPS) is 19.1. The number of benzene rings is 5. The van der Waals surface area contributed by atoms with E-state index in [1.54, 1.807) is 97.3 Å². The molecule has 4 fully saturated rings. The number of thiazole rings is 4. The van der Waals surface area contributed by atoms with Gasteiger partial charge in [-0.05, 0) is 152 Å². The van der Waals surface area contributed by atoms with E-state index in [-0.39, 0.29) is 147 Å². The Morgan fingerprint density at radius 3 is 1.14 bits per heavy atom. The van der Waals surface area contributed by atoms with Crippen LogP contribution in [0.1, 0.15) is 243 Å². The average molecular weight is 2080 g/mol. The van der Waals surface area contributed by atoms with Crippen LogP contribution >= 0.6 is 45.3 Å². The standard InChI is InChI=1S/C32H36N4O4S.C27H34N4O4S.C27H33N3O4S.C26H31N3O5S/c1-20(2)30(36-18-27(16-34-36)40-26-8-6-5-7-9-26)32(39)35-17-25(37)15-28(35)29(38)14-21(3)23-10-12-24(13-11-23)31-22(4)33-19-41-31;1-6-21(18-7-9-19(10-8-18)25-17(5)28-14-36-25)29-26(33)22-12-20(32)13-31(22)27(34)24(15(2)3)23-11-16(4)30-35-23;1-15(2)25(24-11-17(4)29-34-24)27(33)30-13-21(31)12-22(30)23(32)10-16(3)19-6-8-20(9-7-19)26-18(5)28-14-35-26;1-15(2)24(22-12-23(33-4)28-34-22)26(32)29-13-19(30)11-20(29)21(31)10-7-17-5-8-18(9-6-17)25-16(3)27-14-35-25/h5-13,16,18-21,25,28,30,37H,14-15,17H2,1-4H3;7-11,14-15,20-22,24,32H,6,12-13H2,1-5H3,(H,29,33);6-9,11,14-16,21-22,25,31H,10,12-13H2,1-5H3;5-6,8-9,12,14-15,19-20,24,30H,7,10-11,13H2,1-4H3/t21-,25-,28+,30+;20-,21+,22+,24-;16-,21-,22+,25-;19-,20+,24-/m1111/s1. The molecule has 0 saturated carbocycles. The van der Waals surface area contributed by atoms with Gasteiger partial charge in [-0.1, -0.05) is 202 Å². The Labute approximate surface area is 874 Å². The molecule has 5 amide bonds. The van der Waals surface area contributed by atoms with Crippen LogP contribution in [-0.2, 0) is 44.8 Å². The Kier molecular flexibility index (Phi) is 37.3. The maximum atomic E-state index is 13.9. The number of aromatic nitrogens is 9. The van der Waals surface area contributed by atoms with Crippen LogP contribution in [0, 0.1) is 65.2 Å². The number of ketones is 3. The number of aliphatic hydroxyl groups excluding tert-OH is 4. The zero-order valence-corrected chi connectivity index (χ0v) is 89.8. The number of ether oxygens (including phenoxy) is 2. The van der Waals surface area contributed by atoms with Gasteiger partial charge in [-0.3, -0.25) is 43.0 Å². The number of carbonyl (C=O) groups is 8. The number of carbonyl (C=O) groups excluding carboxylic acids is 8. The summed E-state index contributed by atoms with van der Waals surface area (Å²) in [7, 11) is 1.48. The summed E-state index contributed by atoms with van der Waals surface area (Å²) in [4.78, 5) is 136. The Bertz CT molecular complexity index is 6600. The van der Waals surface area contributed by atoms with Crippen molar-refractivity contribution in [2.45, 2.75) is 266 Å². The minimum absolute atomic E-state index is 0.00776. The van der Waals surface area contributed by atoms with Crippen molar-refractivity contribution in [2.75, 3.05) is 33.3 Å². The van der Waals surface area contributed by atoms with Crippen molar-refractivity contribution >= 4 is 92.2 Å². The summed E-state index contributed by atoms with van der Waals surface area (Å²) in [5, 5.41) is 60.9. The molecule has 15 atom stereocenters. The van der Waals surface area contributed by atoms with Crippen molar-refractivity contribution in [1.29, 1.82) is 0 Å². The highest BCUT2D eigenvalue weighted by Crippen LogP contribution is 2.42. The van der Waals surface area contributed by atoms with E-state index in [1.165, 1.54) is 16.9 Å². The van der Waals surface area contributed by atoms with Gasteiger partial charge < -0.3 is 68.4 Å². The first-order valence-electron chi connectivity index (χ1n) is 50.3. The molecular formula is C112H134N14O17S4. The number of likely N-dealkylation sites (tertiary alicyclic amines) is 4. The molecule has 5 aromatic carbocycles. The zero-order valence-electron chi connectivity index (χ0n) is 86.5. The zero-order chi connectivity index (χ0) is 105. The Balaban J connectivity index is 0.000000155. The van der Waals surface area contributed by atoms with Crippen LogP contribution in [-0.4, -0.2) is 214 Å². The number of aliphatic hydroxyl groups is 4. The lowest BCUT2D eigenvalue weighted by Crippen LogP contribution is -2.48. The number of para-hydroxylation sites is 1. The Morgan fingerprint density at radius 1 is 0.429 bits per heavy atom. The van der Waals surface area contributed by atoms with Gasteiger partial charge in [0.05, 0.1) is 144 Å². The molecule has 0 aliphatic carbocycles. The van der Waals surface area contributed by atoms with Gasteiger partial charge in [0.1, 0.15) is 47.1 Å². The predicted molar refractivity (Wildman–Crippen MR) is 565 cm³/mol. The molecule has 4 aliphatic rings. The summed E-state index contributed by atoms with van der Waals surface area (Å²) >= 11 is 6.44. The molecule has 4 aliphatic heterocycles. The van der Waals surface area contributed by atoms with Gasteiger partial charge in [-0.25, -0.2) is 19.9 Å². The van der Waals surface area contributed by atoms with Crippen molar-refractivity contribution < 1.29 is 81.8 Å². The van der Waals surface area contributed by atoms with Crippen LogP contribution in [0.25, 0.3) is 41.8 Å². The second kappa shape index (κ2) is 49.8. The second-order valence-electron chi connectivity index (χ2n) is 40.2. The molecule has 17 rings (SSSR count). The average Bonchev–Trinajstić information content (AvgIpc) is 1.66. The van der Waals surface area contributed by atoms with Gasteiger partial charge in [0.25, 0.3) is 5.88 Å². The SMILES string of the molecule is CC[C@H](NC(=O)[C@@H]1C[C@@H](O)CN1C(=O)[C@@H](c1cc(C)no1)C(C)C)c1ccc(-c2scnc2C)cc1.COc1cc([C@H](C(=O)N2C[C@H](O)C[C@H]2C(=O)CCc2ccc(-c3scnc3C)cc2)C(C)C)on1.Cc1cc([C@H](C(=O)N2C[C@H](O)C[C@H]2C(=O)C[C@@H](C)c2ccc(-c3scnc3C)cc2)C(C)C)on1.Cc1ncsc1-c1ccc([C@H](C)CC(=O)[C@@H]2C[C@@H](O)CN2C(=O)[C@H](C(C)C)n2cc(Oc3ccccc3)cn2)cc1. The van der Waals surface area contributed by atoms with E-state index in [2.05, 4.69) is 94.4 Å². The highest BCUT2D eigenvalue weighted by atomic mass is 32.1. The third kappa shape index (κ3) is 26.9. The maximum Gasteiger partial charge on any atom is 0.254 e. The van der Waals surface area contributed by atoms with Crippen LogP contribution in [0.15, 0.2) is 194 Å². The van der Waals surface area contributed by atoms with Gasteiger partial charge in [0.15, 0.2) is 28.9 Å². The van der Waals surface area contributed by atoms with Gasteiger partial charge in [-0.2, -0.15) is 5.10 Å². The third-order valence-corrected chi connectivity index (χ3v) is 31.7. The number of hydrogen-bond acceptors (Lipinski definition) is 29. The quantitative estimate of drug-likeness (QED) is 0.0246. The van der Waals surface area contributed by atoms with Gasteiger partial charge in [0.2, 0.25) is 29.5 Å². The topological polar surface area (TPSA) is 408 Å². The number of β-amino-alcohol motifs (C(OH)–C–C–N with tert-alkyl or cyclic N) is 4. The first kappa shape index (κ1) is 110. The molecule has 12 heterocycles. The lowest BCUT2D eigenvalue weighted by atomic mass is 9.89. The first-order valence-corrected chi connectivity index (χ1v) is 53.8. The van der Waals surface area contributed by atoms with Gasteiger partial charge >= 0.3 is 0 Å². The number of Topliss-reactive ketones (excluding diaryl/α,β-unsaturated/α-hetero) is 3. The minimum Gasteiger partial charge on any atom is -0.479 e. The number of methoxy groups -OCH3 is 1. The van der Waals surface area contributed by atoms with E-state index in [1.807, 2.05) is 212 Å². The molecule has 8 aromatic heterocycles. The summed E-state index contributed by atoms with van der Waals surface area (Å²) in [6.07, 6.45) is 3.45. The lowest BCUT2D eigenvalue weighted by Gasteiger charge is -2.30. The number of amides is 5. The van der Waals surface area contributed by atoms with E-state index >= 15 is 0 Å². The highest BCUT2D eigenvalue weighted by molar-refractivity contribution is 7.14. The van der Waals surface area contributed by atoms with Crippen LogP contribution in [0.2, 0.25) is 0 Å². The number of nitrogens with one attached hydrogen (secondary N) is 1. The van der Waals surface area contributed by atoms with Crippen molar-refractivity contribution in [1.82, 2.24) is 70.1 Å². The fourth-order valence-electron chi connectivity index (χ4n) is 19.9. The van der Waals surface area contributed by atoms with Crippen LogP contribution in [0.5, 0.6) is 17.4 Å². The Morgan fingerprint density at radius 2 is 0.789 bits per heavy atom. The molecule has 31 nitrogen and oxygen atoms in total. The molecule has 0 bridgehead atoms. The molecule has 13 aromatic rings. The minimum atomic E-state index is -0.754. The summed E-state index contributed by atoms with van der Waals surface area (Å²) in [6, 6.07) is 43.8. The van der Waals surface area contributed by atoms with Crippen LogP contribution in [0.4, 0.5) is 0 Å². The summed E-state index contributed by atoms with van der Waals surface area (Å²) in [5.41, 5.74) is 21.4. The molecule has 35 heteroatoms. The lowest BCUT2D eigenvalue weighted by molar-refractivity contribution is -0.142. The molecule has 5 N–H and O–H groups in total. The summed E-state index contributed by atoms with van der Waals surface area (Å²) < 4.78 is 28.8. The van der Waals surface area contributed by atoms with E-state index in [9.17, 15) is 58.8 Å². The van der Waals surface area contributed by atoms with Crippen molar-refractivity contribution in [3.8, 4) is 59.1 Å². The molecule has 0 radical (unpaired) electrons. The number of aryl methyl sites for hydroxylation is 7. The van der Waals surface area contributed by atoms with E-state index in [4.69, 9.17) is 23.0 Å². The van der Waals surface area contributed by atoms with E-state index in [0.29, 0.717) is 71.7 Å². The molecule has 778 valence electrons.